The van der Waals surface area contributed by atoms with E-state index in [4.69, 9.17) is 4.74 Å². The summed E-state index contributed by atoms with van der Waals surface area (Å²) in [4.78, 5) is 11.7. The Hall–Kier alpha value is -0.830. The quantitative estimate of drug-likeness (QED) is 0.530. The Morgan fingerprint density at radius 3 is 2.83 bits per heavy atom. The molecule has 3 heteroatoms. The van der Waals surface area contributed by atoms with Crippen LogP contribution in [0.1, 0.15) is 40.0 Å². The van der Waals surface area contributed by atoms with Crippen molar-refractivity contribution in [3.8, 4) is 0 Å². The highest BCUT2D eigenvalue weighted by atomic mass is 16.6. The lowest BCUT2D eigenvalue weighted by atomic mass is 9.58. The van der Waals surface area contributed by atoms with Gasteiger partial charge < -0.3 is 9.84 Å². The average molecular weight is 250 g/mol. The first-order chi connectivity index (χ1) is 8.43. The summed E-state index contributed by atoms with van der Waals surface area (Å²) in [5.41, 5.74) is 1.16. The summed E-state index contributed by atoms with van der Waals surface area (Å²) in [5.74, 6) is 0.625. The molecule has 1 saturated heterocycles. The van der Waals surface area contributed by atoms with Crippen LogP contribution in [0, 0.1) is 23.2 Å². The van der Waals surface area contributed by atoms with Gasteiger partial charge in [0, 0.05) is 11.3 Å². The fourth-order valence-corrected chi connectivity index (χ4v) is 4.11. The minimum Gasteiger partial charge on any atom is -0.461 e. The number of aliphatic hydroxyl groups is 1. The molecular weight excluding hydrogens is 228 g/mol. The smallest absolute Gasteiger partial charge is 0.309 e. The number of hydrogen-bond donors (Lipinski definition) is 1. The summed E-state index contributed by atoms with van der Waals surface area (Å²) < 4.78 is 5.48. The second kappa shape index (κ2) is 3.83. The molecule has 18 heavy (non-hydrogen) atoms. The van der Waals surface area contributed by atoms with Gasteiger partial charge in [0.1, 0.15) is 6.10 Å². The van der Waals surface area contributed by atoms with Crippen LogP contribution in [-0.4, -0.2) is 23.3 Å². The van der Waals surface area contributed by atoms with Crippen molar-refractivity contribution < 1.29 is 14.6 Å². The van der Waals surface area contributed by atoms with Gasteiger partial charge in [0.25, 0.3) is 0 Å². The summed E-state index contributed by atoms with van der Waals surface area (Å²) in [6, 6.07) is 0. The molecule has 2 fully saturated rings. The fraction of sp³-hybridized carbons (Fsp3) is 0.800. The molecule has 3 rings (SSSR count). The van der Waals surface area contributed by atoms with Gasteiger partial charge in [0.15, 0.2) is 0 Å². The molecule has 1 heterocycles. The molecule has 3 aliphatic rings. The number of rotatable bonds is 0. The van der Waals surface area contributed by atoms with E-state index < -0.39 is 0 Å². The summed E-state index contributed by atoms with van der Waals surface area (Å²) in [6.45, 7) is 6.32. The highest BCUT2D eigenvalue weighted by Crippen LogP contribution is 2.53. The zero-order chi connectivity index (χ0) is 13.1. The van der Waals surface area contributed by atoms with Gasteiger partial charge in [-0.25, -0.2) is 0 Å². The Balaban J connectivity index is 2.01. The molecule has 2 aliphatic carbocycles. The van der Waals surface area contributed by atoms with Gasteiger partial charge in [-0.3, -0.25) is 4.79 Å². The molecule has 0 spiro atoms. The number of aliphatic hydroxyl groups excluding tert-OH is 1. The third kappa shape index (κ3) is 1.49. The van der Waals surface area contributed by atoms with Crippen molar-refractivity contribution >= 4 is 5.97 Å². The van der Waals surface area contributed by atoms with Crippen molar-refractivity contribution in [1.29, 1.82) is 0 Å². The van der Waals surface area contributed by atoms with Crippen LogP contribution in [-0.2, 0) is 9.53 Å². The first-order valence-corrected chi connectivity index (χ1v) is 7.04. The van der Waals surface area contributed by atoms with Crippen LogP contribution < -0.4 is 0 Å². The van der Waals surface area contributed by atoms with Crippen molar-refractivity contribution in [3.05, 3.63) is 11.6 Å². The van der Waals surface area contributed by atoms with E-state index in [-0.39, 0.29) is 35.4 Å². The third-order valence-corrected chi connectivity index (χ3v) is 5.44. The van der Waals surface area contributed by atoms with Gasteiger partial charge in [-0.15, -0.1) is 0 Å². The van der Waals surface area contributed by atoms with E-state index in [9.17, 15) is 9.90 Å². The van der Waals surface area contributed by atoms with Crippen molar-refractivity contribution in [3.63, 3.8) is 0 Å². The lowest BCUT2D eigenvalue weighted by Crippen LogP contribution is -2.46. The van der Waals surface area contributed by atoms with Gasteiger partial charge in [0.05, 0.1) is 12.0 Å². The molecule has 0 aromatic rings. The standard InChI is InChI=1S/C15H22O3/c1-8-4-5-13(16)15(3)7-12-10(6-11(8)15)9(2)14(17)18-12/h6,8-10,12-13,16H,4-5,7H2,1-3H3/t8-,9-,10+,12+,13+,15+/m0/s1. The first kappa shape index (κ1) is 12.2. The minimum atomic E-state index is -0.296. The predicted molar refractivity (Wildman–Crippen MR) is 67.7 cm³/mol. The largest absolute Gasteiger partial charge is 0.461 e. The van der Waals surface area contributed by atoms with E-state index in [2.05, 4.69) is 19.9 Å². The number of fused-ring (bicyclic) bond motifs is 2. The van der Waals surface area contributed by atoms with E-state index in [1.54, 1.807) is 0 Å². The van der Waals surface area contributed by atoms with Crippen molar-refractivity contribution in [2.45, 2.75) is 52.2 Å². The molecule has 1 N–H and O–H groups in total. The van der Waals surface area contributed by atoms with Gasteiger partial charge in [0.2, 0.25) is 0 Å². The summed E-state index contributed by atoms with van der Waals surface area (Å²) >= 11 is 0. The van der Waals surface area contributed by atoms with E-state index in [1.165, 1.54) is 5.57 Å². The molecule has 6 atom stereocenters. The molecule has 0 bridgehead atoms. The zero-order valence-electron chi connectivity index (χ0n) is 11.3. The monoisotopic (exact) mass is 250 g/mol. The second-order valence-electron chi connectivity index (χ2n) is 6.58. The second-order valence-corrected chi connectivity index (χ2v) is 6.58. The Kier molecular flexibility index (Phi) is 2.60. The van der Waals surface area contributed by atoms with Crippen molar-refractivity contribution in [2.75, 3.05) is 0 Å². The highest BCUT2D eigenvalue weighted by Gasteiger charge is 2.53. The van der Waals surface area contributed by atoms with E-state index >= 15 is 0 Å². The Bertz CT molecular complexity index is 414. The van der Waals surface area contributed by atoms with Crippen molar-refractivity contribution in [1.82, 2.24) is 0 Å². The lowest BCUT2D eigenvalue weighted by Gasteiger charge is -2.48. The molecule has 1 aliphatic heterocycles. The molecule has 0 amide bonds. The zero-order valence-corrected chi connectivity index (χ0v) is 11.3. The average Bonchev–Trinajstić information content (AvgIpc) is 2.58. The first-order valence-electron chi connectivity index (χ1n) is 7.04. The maximum atomic E-state index is 11.7. The van der Waals surface area contributed by atoms with Gasteiger partial charge >= 0.3 is 5.97 Å². The molecule has 3 nitrogen and oxygen atoms in total. The Morgan fingerprint density at radius 2 is 2.11 bits per heavy atom. The van der Waals surface area contributed by atoms with Crippen LogP contribution in [0.3, 0.4) is 0 Å². The molecule has 0 unspecified atom stereocenters. The van der Waals surface area contributed by atoms with Crippen LogP contribution in [0.5, 0.6) is 0 Å². The SMILES string of the molecule is C[C@@H]1C(=O)O[C@@H]2C[C@]3(C)C(=C[C@H]12)[C@@H](C)CC[C@H]3O. The molecule has 1 saturated carbocycles. The minimum absolute atomic E-state index is 0.0267. The number of carbonyl (C=O) groups is 1. The van der Waals surface area contributed by atoms with E-state index in [1.807, 2.05) is 6.92 Å². The normalized spacial score (nSPS) is 51.2. The molecule has 0 aromatic heterocycles. The molecule has 0 radical (unpaired) electrons. The van der Waals surface area contributed by atoms with Gasteiger partial charge in [-0.1, -0.05) is 32.4 Å². The van der Waals surface area contributed by atoms with Crippen molar-refractivity contribution in [2.24, 2.45) is 23.2 Å². The van der Waals surface area contributed by atoms with Gasteiger partial charge in [-0.2, -0.15) is 0 Å². The number of carbonyl (C=O) groups excluding carboxylic acids is 1. The summed E-state index contributed by atoms with van der Waals surface area (Å²) in [7, 11) is 0. The summed E-state index contributed by atoms with van der Waals surface area (Å²) in [5, 5.41) is 10.4. The van der Waals surface area contributed by atoms with Crippen LogP contribution in [0.2, 0.25) is 0 Å². The van der Waals surface area contributed by atoms with E-state index in [0.717, 1.165) is 19.3 Å². The number of ether oxygens (including phenoxy) is 1. The van der Waals surface area contributed by atoms with Crippen LogP contribution in [0.15, 0.2) is 11.6 Å². The molecule has 100 valence electrons. The number of hydrogen-bond acceptors (Lipinski definition) is 3. The lowest BCUT2D eigenvalue weighted by molar-refractivity contribution is -0.145. The Labute approximate surface area is 108 Å². The van der Waals surface area contributed by atoms with Crippen LogP contribution in [0.4, 0.5) is 0 Å². The summed E-state index contributed by atoms with van der Waals surface area (Å²) in [6.07, 6.45) is 4.61. The third-order valence-electron chi connectivity index (χ3n) is 5.44. The molecular formula is C15H22O3. The predicted octanol–water partition coefficient (Wildman–Crippen LogP) is 2.29. The molecule has 0 aromatic carbocycles. The van der Waals surface area contributed by atoms with Crippen LogP contribution in [0.25, 0.3) is 0 Å². The highest BCUT2D eigenvalue weighted by molar-refractivity contribution is 5.75. The maximum Gasteiger partial charge on any atom is 0.309 e. The fourth-order valence-electron chi connectivity index (χ4n) is 4.11. The topological polar surface area (TPSA) is 46.5 Å². The van der Waals surface area contributed by atoms with Crippen LogP contribution >= 0.6 is 0 Å². The van der Waals surface area contributed by atoms with Gasteiger partial charge in [-0.05, 0) is 25.2 Å². The number of esters is 1. The maximum absolute atomic E-state index is 11.7. The van der Waals surface area contributed by atoms with E-state index in [0.29, 0.717) is 5.92 Å². The Morgan fingerprint density at radius 1 is 1.39 bits per heavy atom.